The lowest BCUT2D eigenvalue weighted by molar-refractivity contribution is 0.0732. The van der Waals surface area contributed by atoms with Gasteiger partial charge in [0.15, 0.2) is 0 Å². The molecule has 4 heteroatoms. The van der Waals surface area contributed by atoms with Crippen molar-refractivity contribution in [2.45, 2.75) is 59.3 Å². The van der Waals surface area contributed by atoms with Crippen LogP contribution in [-0.4, -0.2) is 19.2 Å². The summed E-state index contributed by atoms with van der Waals surface area (Å²) >= 11 is 0. The molecule has 0 spiro atoms. The van der Waals surface area contributed by atoms with Gasteiger partial charge in [0.2, 0.25) is 0 Å². The number of hydrogen-bond donors (Lipinski definition) is 0. The van der Waals surface area contributed by atoms with Crippen LogP contribution in [0.2, 0.25) is 0 Å². The van der Waals surface area contributed by atoms with Gasteiger partial charge >= 0.3 is 5.97 Å². The third-order valence-electron chi connectivity index (χ3n) is 6.46. The van der Waals surface area contributed by atoms with E-state index < -0.39 is 5.97 Å². The summed E-state index contributed by atoms with van der Waals surface area (Å²) in [4.78, 5) is 13.7. The predicted octanol–water partition coefficient (Wildman–Crippen LogP) is 8.66. The lowest BCUT2D eigenvalue weighted by Crippen LogP contribution is -2.13. The first-order chi connectivity index (χ1) is 17.6. The molecule has 188 valence electrons. The Morgan fingerprint density at radius 2 is 1.39 bits per heavy atom. The maximum Gasteiger partial charge on any atom is 0.347 e. The lowest BCUT2D eigenvalue weighted by atomic mass is 10.00. The van der Waals surface area contributed by atoms with E-state index in [0.29, 0.717) is 36.0 Å². The van der Waals surface area contributed by atoms with Crippen LogP contribution in [0.5, 0.6) is 17.2 Å². The zero-order valence-electron chi connectivity index (χ0n) is 21.6. The Bertz CT molecular complexity index is 1320. The van der Waals surface area contributed by atoms with E-state index in [2.05, 4.69) is 26.8 Å². The number of esters is 1. The minimum atomic E-state index is -0.446. The summed E-state index contributed by atoms with van der Waals surface area (Å²) in [5.41, 5.74) is 1.48. The molecule has 0 saturated heterocycles. The van der Waals surface area contributed by atoms with Crippen LogP contribution in [0.4, 0.5) is 0 Å². The summed E-state index contributed by atoms with van der Waals surface area (Å²) in [6, 6.07) is 21.5. The molecule has 0 aliphatic carbocycles. The standard InChI is InChI=1S/C32H36O4/c1-4-6-10-20-34-29-22-27(32(33)36-28-19-13-16-24-15-8-9-17-25(24)28)31(35-21-11-7-5-2)26-18-12-14-23(3)30(26)29/h8-9,12-19,22H,4-7,10-11,20-21H2,1-3H3. The lowest BCUT2D eigenvalue weighted by Gasteiger charge is -2.19. The molecule has 0 saturated carbocycles. The predicted molar refractivity (Wildman–Crippen MR) is 148 cm³/mol. The van der Waals surface area contributed by atoms with E-state index in [1.807, 2.05) is 60.7 Å². The van der Waals surface area contributed by atoms with Crippen LogP contribution in [0.1, 0.15) is 68.3 Å². The maximum absolute atomic E-state index is 13.7. The molecule has 4 nitrogen and oxygen atoms in total. The average molecular weight is 485 g/mol. The fourth-order valence-electron chi connectivity index (χ4n) is 4.52. The van der Waals surface area contributed by atoms with Gasteiger partial charge in [-0.1, -0.05) is 94.1 Å². The third kappa shape index (κ3) is 5.81. The van der Waals surface area contributed by atoms with E-state index in [4.69, 9.17) is 14.2 Å². The summed E-state index contributed by atoms with van der Waals surface area (Å²) in [5.74, 6) is 1.35. The number of unbranched alkanes of at least 4 members (excludes halogenated alkanes) is 4. The van der Waals surface area contributed by atoms with Crippen molar-refractivity contribution in [3.8, 4) is 17.2 Å². The minimum absolute atomic E-state index is 0.392. The topological polar surface area (TPSA) is 44.8 Å². The van der Waals surface area contributed by atoms with Gasteiger partial charge in [-0.3, -0.25) is 0 Å². The summed E-state index contributed by atoms with van der Waals surface area (Å²) < 4.78 is 18.5. The van der Waals surface area contributed by atoms with Crippen LogP contribution in [0.15, 0.2) is 66.7 Å². The van der Waals surface area contributed by atoms with Crippen molar-refractivity contribution in [2.75, 3.05) is 13.2 Å². The molecule has 0 fully saturated rings. The SMILES string of the molecule is CCCCCOc1c(C(=O)Oc2cccc3ccccc23)cc(OCCCCC)c2c(C)cccc12. The van der Waals surface area contributed by atoms with Gasteiger partial charge in [-0.05, 0) is 42.8 Å². The molecule has 0 heterocycles. The first-order valence-electron chi connectivity index (χ1n) is 13.2. The smallest absolute Gasteiger partial charge is 0.347 e. The first kappa shape index (κ1) is 25.6. The summed E-state index contributed by atoms with van der Waals surface area (Å²) in [6.45, 7) is 7.55. The normalized spacial score (nSPS) is 11.1. The number of benzene rings is 4. The second-order valence-corrected chi connectivity index (χ2v) is 9.23. The molecule has 0 aliphatic heterocycles. The molecule has 0 radical (unpaired) electrons. The number of fused-ring (bicyclic) bond motifs is 2. The van der Waals surface area contributed by atoms with E-state index in [9.17, 15) is 4.79 Å². The maximum atomic E-state index is 13.7. The molecule has 0 N–H and O–H groups in total. The quantitative estimate of drug-likeness (QED) is 0.115. The van der Waals surface area contributed by atoms with E-state index in [-0.39, 0.29) is 0 Å². The second-order valence-electron chi connectivity index (χ2n) is 9.23. The molecule has 36 heavy (non-hydrogen) atoms. The van der Waals surface area contributed by atoms with Crippen molar-refractivity contribution < 1.29 is 19.0 Å². The highest BCUT2D eigenvalue weighted by Gasteiger charge is 2.23. The molecule has 4 rings (SSSR count). The molecule has 0 aromatic heterocycles. The molecule has 0 unspecified atom stereocenters. The van der Waals surface area contributed by atoms with Gasteiger partial charge < -0.3 is 14.2 Å². The first-order valence-corrected chi connectivity index (χ1v) is 13.2. The number of carbonyl (C=O) groups excluding carboxylic acids is 1. The van der Waals surface area contributed by atoms with Gasteiger partial charge in [0.25, 0.3) is 0 Å². The Labute approximate surface area is 214 Å². The van der Waals surface area contributed by atoms with Gasteiger partial charge in [-0.25, -0.2) is 4.79 Å². The van der Waals surface area contributed by atoms with E-state index in [0.717, 1.165) is 65.6 Å². The summed E-state index contributed by atoms with van der Waals surface area (Å²) in [5, 5.41) is 3.78. The largest absolute Gasteiger partial charge is 0.493 e. The molecule has 4 aromatic carbocycles. The number of hydrogen-bond acceptors (Lipinski definition) is 4. The molecular formula is C32H36O4. The van der Waals surface area contributed by atoms with Crippen molar-refractivity contribution >= 4 is 27.5 Å². The molecular weight excluding hydrogens is 448 g/mol. The highest BCUT2D eigenvalue weighted by Crippen LogP contribution is 2.40. The number of ether oxygens (including phenoxy) is 3. The van der Waals surface area contributed by atoms with Crippen LogP contribution in [0.25, 0.3) is 21.5 Å². The number of rotatable bonds is 12. The van der Waals surface area contributed by atoms with Crippen molar-refractivity contribution in [3.05, 3.63) is 77.9 Å². The highest BCUT2D eigenvalue weighted by molar-refractivity contribution is 6.06. The van der Waals surface area contributed by atoms with Gasteiger partial charge in [0.1, 0.15) is 22.8 Å². The Hall–Kier alpha value is -3.53. The number of aryl methyl sites for hydroxylation is 1. The van der Waals surface area contributed by atoms with Crippen molar-refractivity contribution in [1.29, 1.82) is 0 Å². The average Bonchev–Trinajstić information content (AvgIpc) is 2.89. The third-order valence-corrected chi connectivity index (χ3v) is 6.46. The highest BCUT2D eigenvalue weighted by atomic mass is 16.5. The fourth-order valence-corrected chi connectivity index (χ4v) is 4.52. The zero-order valence-corrected chi connectivity index (χ0v) is 21.6. The van der Waals surface area contributed by atoms with Crippen molar-refractivity contribution in [3.63, 3.8) is 0 Å². The van der Waals surface area contributed by atoms with Gasteiger partial charge in [0, 0.05) is 16.2 Å². The second kappa shape index (κ2) is 12.4. The molecule has 0 amide bonds. The Morgan fingerprint density at radius 1 is 0.722 bits per heavy atom. The number of carbonyl (C=O) groups is 1. The molecule has 4 aromatic rings. The zero-order chi connectivity index (χ0) is 25.3. The van der Waals surface area contributed by atoms with E-state index in [1.54, 1.807) is 0 Å². The van der Waals surface area contributed by atoms with E-state index in [1.165, 1.54) is 0 Å². The molecule has 0 atom stereocenters. The van der Waals surface area contributed by atoms with Crippen LogP contribution < -0.4 is 14.2 Å². The van der Waals surface area contributed by atoms with E-state index >= 15 is 0 Å². The molecule has 0 aliphatic rings. The Kier molecular flexibility index (Phi) is 8.83. The summed E-state index contributed by atoms with van der Waals surface area (Å²) in [6.07, 6.45) is 6.29. The Balaban J connectivity index is 1.77. The monoisotopic (exact) mass is 484 g/mol. The van der Waals surface area contributed by atoms with Crippen molar-refractivity contribution in [1.82, 2.24) is 0 Å². The summed E-state index contributed by atoms with van der Waals surface area (Å²) in [7, 11) is 0. The van der Waals surface area contributed by atoms with Crippen molar-refractivity contribution in [2.24, 2.45) is 0 Å². The van der Waals surface area contributed by atoms with Gasteiger partial charge in [-0.15, -0.1) is 0 Å². The molecule has 0 bridgehead atoms. The van der Waals surface area contributed by atoms with Crippen LogP contribution in [-0.2, 0) is 0 Å². The minimum Gasteiger partial charge on any atom is -0.493 e. The van der Waals surface area contributed by atoms with Gasteiger partial charge in [0.05, 0.1) is 13.2 Å². The van der Waals surface area contributed by atoms with Crippen LogP contribution >= 0.6 is 0 Å². The fraction of sp³-hybridized carbons (Fsp3) is 0.344. The Morgan fingerprint density at radius 3 is 2.17 bits per heavy atom. The van der Waals surface area contributed by atoms with Gasteiger partial charge in [-0.2, -0.15) is 0 Å². The van der Waals surface area contributed by atoms with Crippen LogP contribution in [0, 0.1) is 6.92 Å². The van der Waals surface area contributed by atoms with Crippen LogP contribution in [0.3, 0.4) is 0 Å².